The van der Waals surface area contributed by atoms with Gasteiger partial charge in [0.2, 0.25) is 11.2 Å². The second-order valence-corrected chi connectivity index (χ2v) is 6.51. The summed E-state index contributed by atoms with van der Waals surface area (Å²) in [5.74, 6) is 1.73. The fourth-order valence-corrected chi connectivity index (χ4v) is 2.94. The maximum absolute atomic E-state index is 9.24. The van der Waals surface area contributed by atoms with Gasteiger partial charge in [-0.1, -0.05) is 30.3 Å². The van der Waals surface area contributed by atoms with E-state index in [2.05, 4.69) is 26.3 Å². The molecule has 1 aliphatic heterocycles. The molecular formula is C21H16ClN5O2. The van der Waals surface area contributed by atoms with E-state index in [4.69, 9.17) is 21.1 Å². The third-order valence-corrected chi connectivity index (χ3v) is 4.29. The van der Waals surface area contributed by atoms with Gasteiger partial charge in [0.1, 0.15) is 18.1 Å². The second kappa shape index (κ2) is 8.59. The molecule has 0 saturated heterocycles. The Kier molecular flexibility index (Phi) is 5.54. The van der Waals surface area contributed by atoms with Crippen LogP contribution in [-0.2, 0) is 6.61 Å². The van der Waals surface area contributed by atoms with Crippen LogP contribution in [-0.4, -0.2) is 28.9 Å². The van der Waals surface area contributed by atoms with Gasteiger partial charge in [-0.15, -0.1) is 0 Å². The molecule has 2 aromatic carbocycles. The number of halogens is 1. The van der Waals surface area contributed by atoms with E-state index in [0.717, 1.165) is 12.1 Å². The first-order valence-electron chi connectivity index (χ1n) is 8.93. The second-order valence-electron chi connectivity index (χ2n) is 6.17. The molecule has 4 rings (SSSR count). The summed E-state index contributed by atoms with van der Waals surface area (Å²) in [6.07, 6.45) is 0. The van der Waals surface area contributed by atoms with Gasteiger partial charge >= 0.3 is 0 Å². The highest BCUT2D eigenvalue weighted by Crippen LogP contribution is 2.33. The molecule has 7 nitrogen and oxygen atoms in total. The number of benzene rings is 2. The number of amidine groups is 1. The highest BCUT2D eigenvalue weighted by atomic mass is 35.5. The van der Waals surface area contributed by atoms with Crippen LogP contribution < -0.4 is 14.8 Å². The number of aliphatic imine (C=N–C) groups is 1. The summed E-state index contributed by atoms with van der Waals surface area (Å²) in [7, 11) is 0. The van der Waals surface area contributed by atoms with Gasteiger partial charge in [0, 0.05) is 18.7 Å². The minimum absolute atomic E-state index is 0.0390. The Morgan fingerprint density at radius 2 is 1.93 bits per heavy atom. The molecule has 3 aromatic rings. The average Bonchev–Trinajstić information content (AvgIpc) is 3.28. The van der Waals surface area contributed by atoms with Crippen LogP contribution in [0.15, 0.2) is 59.6 Å². The lowest BCUT2D eigenvalue weighted by atomic mass is 10.2. The van der Waals surface area contributed by atoms with E-state index in [1.165, 1.54) is 0 Å². The van der Waals surface area contributed by atoms with Crippen LogP contribution in [0.25, 0.3) is 0 Å². The Bertz CT molecular complexity index is 1100. The number of nitrogens with one attached hydrogen (secondary N) is 1. The molecule has 1 aliphatic rings. The van der Waals surface area contributed by atoms with Gasteiger partial charge < -0.3 is 14.8 Å². The molecule has 0 atom stereocenters. The van der Waals surface area contributed by atoms with Gasteiger partial charge in [0.15, 0.2) is 11.5 Å². The summed E-state index contributed by atoms with van der Waals surface area (Å²) in [6, 6.07) is 18.5. The number of hydrogen-bond acceptors (Lipinski definition) is 7. The minimum Gasteiger partial charge on any atom is -0.485 e. The van der Waals surface area contributed by atoms with Crippen molar-refractivity contribution in [3.05, 3.63) is 76.7 Å². The summed E-state index contributed by atoms with van der Waals surface area (Å²) in [6.45, 7) is 1.78. The molecule has 8 heteroatoms. The fraction of sp³-hybridized carbons (Fsp3) is 0.143. The molecule has 144 valence electrons. The topological polar surface area (TPSA) is 92.4 Å². The molecule has 0 aliphatic carbocycles. The van der Waals surface area contributed by atoms with E-state index >= 15 is 0 Å². The Labute approximate surface area is 172 Å². The molecule has 0 fully saturated rings. The molecule has 0 bridgehead atoms. The van der Waals surface area contributed by atoms with Crippen molar-refractivity contribution in [2.24, 2.45) is 4.99 Å². The largest absolute Gasteiger partial charge is 0.485 e. The molecule has 0 saturated carbocycles. The zero-order valence-electron chi connectivity index (χ0n) is 15.3. The summed E-state index contributed by atoms with van der Waals surface area (Å²) in [4.78, 5) is 12.6. The van der Waals surface area contributed by atoms with Crippen LogP contribution in [0.5, 0.6) is 17.4 Å². The summed E-state index contributed by atoms with van der Waals surface area (Å²) in [5, 5.41) is 12.4. The fourth-order valence-electron chi connectivity index (χ4n) is 2.76. The van der Waals surface area contributed by atoms with E-state index in [1.54, 1.807) is 24.3 Å². The number of ether oxygens (including phenoxy) is 2. The van der Waals surface area contributed by atoms with Gasteiger partial charge in [-0.05, 0) is 29.3 Å². The Balaban J connectivity index is 1.61. The number of rotatable bonds is 6. The Morgan fingerprint density at radius 1 is 1.07 bits per heavy atom. The van der Waals surface area contributed by atoms with Crippen LogP contribution >= 0.6 is 11.6 Å². The van der Waals surface area contributed by atoms with Crippen molar-refractivity contribution in [3.63, 3.8) is 0 Å². The maximum Gasteiger partial charge on any atom is 0.226 e. The van der Waals surface area contributed by atoms with E-state index in [1.807, 2.05) is 30.3 Å². The van der Waals surface area contributed by atoms with E-state index < -0.39 is 0 Å². The highest BCUT2D eigenvalue weighted by molar-refractivity contribution is 6.28. The SMILES string of the molecule is N#Cc1ccc(OCc2ccccc2)c(Oc2cc(C3=NCCN3)nc(Cl)n2)c1. The molecule has 0 amide bonds. The number of aromatic nitrogens is 2. The third-order valence-electron chi connectivity index (χ3n) is 4.12. The van der Waals surface area contributed by atoms with Crippen LogP contribution in [0.2, 0.25) is 5.28 Å². The predicted molar refractivity (Wildman–Crippen MR) is 108 cm³/mol. The molecule has 1 aromatic heterocycles. The minimum atomic E-state index is 0.0390. The highest BCUT2D eigenvalue weighted by Gasteiger charge is 2.15. The summed E-state index contributed by atoms with van der Waals surface area (Å²) in [5.41, 5.74) is 2.00. The lowest BCUT2D eigenvalue weighted by Gasteiger charge is -2.13. The smallest absolute Gasteiger partial charge is 0.226 e. The van der Waals surface area contributed by atoms with Gasteiger partial charge in [0.05, 0.1) is 18.2 Å². The first-order valence-corrected chi connectivity index (χ1v) is 9.31. The lowest BCUT2D eigenvalue weighted by molar-refractivity contribution is 0.290. The van der Waals surface area contributed by atoms with Gasteiger partial charge in [-0.25, -0.2) is 4.98 Å². The van der Waals surface area contributed by atoms with Crippen LogP contribution in [0.3, 0.4) is 0 Å². The van der Waals surface area contributed by atoms with Crippen molar-refractivity contribution in [2.75, 3.05) is 13.1 Å². The summed E-state index contributed by atoms with van der Waals surface area (Å²) >= 11 is 6.07. The molecule has 2 heterocycles. The number of nitrogens with zero attached hydrogens (tertiary/aromatic N) is 4. The van der Waals surface area contributed by atoms with E-state index in [0.29, 0.717) is 41.7 Å². The number of hydrogen-bond donors (Lipinski definition) is 1. The monoisotopic (exact) mass is 405 g/mol. The standard InChI is InChI=1S/C21H16ClN5O2/c22-21-26-16(20-24-8-9-25-20)11-19(27-21)29-18-10-15(12-23)6-7-17(18)28-13-14-4-2-1-3-5-14/h1-7,10-11H,8-9,13H2,(H,24,25). The van der Waals surface area contributed by atoms with Crippen molar-refractivity contribution in [3.8, 4) is 23.4 Å². The van der Waals surface area contributed by atoms with Crippen LogP contribution in [0, 0.1) is 11.3 Å². The summed E-state index contributed by atoms with van der Waals surface area (Å²) < 4.78 is 11.8. The maximum atomic E-state index is 9.24. The quantitative estimate of drug-likeness (QED) is 0.628. The first-order chi connectivity index (χ1) is 14.2. The molecule has 0 unspecified atom stereocenters. The zero-order valence-corrected chi connectivity index (χ0v) is 16.1. The Hall–Kier alpha value is -3.63. The van der Waals surface area contributed by atoms with Crippen LogP contribution in [0.4, 0.5) is 0 Å². The molecule has 1 N–H and O–H groups in total. The molecule has 0 spiro atoms. The third kappa shape index (κ3) is 4.62. The van der Waals surface area contributed by atoms with E-state index in [9.17, 15) is 5.26 Å². The molecule has 29 heavy (non-hydrogen) atoms. The molecular weight excluding hydrogens is 390 g/mol. The van der Waals surface area contributed by atoms with Crippen molar-refractivity contribution < 1.29 is 9.47 Å². The van der Waals surface area contributed by atoms with Gasteiger partial charge in [0.25, 0.3) is 0 Å². The van der Waals surface area contributed by atoms with Crippen molar-refractivity contribution in [1.82, 2.24) is 15.3 Å². The lowest BCUT2D eigenvalue weighted by Crippen LogP contribution is -2.20. The number of nitriles is 1. The Morgan fingerprint density at radius 3 is 2.69 bits per heavy atom. The van der Waals surface area contributed by atoms with E-state index in [-0.39, 0.29) is 11.2 Å². The zero-order chi connectivity index (χ0) is 20.1. The molecule has 0 radical (unpaired) electrons. The van der Waals surface area contributed by atoms with Crippen molar-refractivity contribution in [2.45, 2.75) is 6.61 Å². The normalized spacial score (nSPS) is 12.6. The van der Waals surface area contributed by atoms with Crippen LogP contribution in [0.1, 0.15) is 16.8 Å². The van der Waals surface area contributed by atoms with Gasteiger partial charge in [-0.3, -0.25) is 4.99 Å². The average molecular weight is 406 g/mol. The van der Waals surface area contributed by atoms with Crippen molar-refractivity contribution in [1.29, 1.82) is 5.26 Å². The first kappa shape index (κ1) is 18.7. The predicted octanol–water partition coefficient (Wildman–Crippen LogP) is 3.72. The van der Waals surface area contributed by atoms with Gasteiger partial charge in [-0.2, -0.15) is 10.2 Å². The van der Waals surface area contributed by atoms with Crippen molar-refractivity contribution >= 4 is 17.4 Å².